The minimum absolute atomic E-state index is 0. The van der Waals surface area contributed by atoms with Crippen LogP contribution in [-0.4, -0.2) is 23.6 Å². The van der Waals surface area contributed by atoms with Gasteiger partial charge in [-0.3, -0.25) is 9.59 Å². The van der Waals surface area contributed by atoms with Crippen LogP contribution in [0.2, 0.25) is 0 Å². The number of aromatic nitrogens is 1. The Balaban J connectivity index is 0.00000225. The van der Waals surface area contributed by atoms with Crippen molar-refractivity contribution in [1.82, 2.24) is 15.2 Å². The van der Waals surface area contributed by atoms with Crippen molar-refractivity contribution in [3.63, 3.8) is 0 Å². The Morgan fingerprint density at radius 2 is 1.76 bits per heavy atom. The Kier molecular flexibility index (Phi) is 7.22. The lowest BCUT2D eigenvalue weighted by Gasteiger charge is -2.21. The number of hydrogen-bond acceptors (Lipinski definition) is 3. The van der Waals surface area contributed by atoms with Crippen LogP contribution in [0.5, 0.6) is 0 Å². The average molecular weight is 362 g/mol. The molecule has 0 atom stereocenters. The van der Waals surface area contributed by atoms with E-state index < -0.39 is 0 Å². The van der Waals surface area contributed by atoms with Gasteiger partial charge in [0.05, 0.1) is 6.54 Å². The maximum atomic E-state index is 12.1. The fourth-order valence-electron chi connectivity index (χ4n) is 2.97. The molecule has 0 radical (unpaired) electrons. The topological polar surface area (TPSA) is 63.1 Å². The number of pyridine rings is 1. The van der Waals surface area contributed by atoms with Crippen LogP contribution in [0.4, 0.5) is 0 Å². The Morgan fingerprint density at radius 3 is 2.44 bits per heavy atom. The van der Waals surface area contributed by atoms with Gasteiger partial charge in [0, 0.05) is 24.7 Å². The molecule has 1 aliphatic heterocycles. The van der Waals surface area contributed by atoms with Gasteiger partial charge in [0.1, 0.15) is 0 Å². The van der Waals surface area contributed by atoms with E-state index in [2.05, 4.69) is 10.6 Å². The first-order chi connectivity index (χ1) is 11.7. The fourth-order valence-corrected chi connectivity index (χ4v) is 2.97. The lowest BCUT2D eigenvalue weighted by Crippen LogP contribution is -2.37. The number of rotatable bonds is 5. The molecule has 2 N–H and O–H groups in total. The monoisotopic (exact) mass is 361 g/mol. The van der Waals surface area contributed by atoms with Gasteiger partial charge in [0.15, 0.2) is 0 Å². The highest BCUT2D eigenvalue weighted by Gasteiger charge is 2.20. The van der Waals surface area contributed by atoms with Crippen molar-refractivity contribution in [1.29, 1.82) is 0 Å². The van der Waals surface area contributed by atoms with Crippen LogP contribution in [0.15, 0.2) is 53.5 Å². The van der Waals surface area contributed by atoms with E-state index in [9.17, 15) is 9.59 Å². The molecule has 0 unspecified atom stereocenters. The van der Waals surface area contributed by atoms with Crippen LogP contribution >= 0.6 is 12.4 Å². The van der Waals surface area contributed by atoms with E-state index in [1.165, 1.54) is 0 Å². The predicted octanol–water partition coefficient (Wildman–Crippen LogP) is 1.93. The first kappa shape index (κ1) is 19.2. The van der Waals surface area contributed by atoms with Gasteiger partial charge >= 0.3 is 0 Å². The summed E-state index contributed by atoms with van der Waals surface area (Å²) in [5.41, 5.74) is 2.13. The van der Waals surface area contributed by atoms with E-state index >= 15 is 0 Å². The Morgan fingerprint density at radius 1 is 1.08 bits per heavy atom. The van der Waals surface area contributed by atoms with Gasteiger partial charge in [-0.1, -0.05) is 30.3 Å². The molecule has 0 saturated carbocycles. The molecule has 1 fully saturated rings. The highest BCUT2D eigenvalue weighted by Crippen LogP contribution is 2.12. The third-order valence-corrected chi connectivity index (χ3v) is 4.45. The molecule has 25 heavy (non-hydrogen) atoms. The maximum Gasteiger partial charge on any atom is 0.250 e. The second-order valence-electron chi connectivity index (χ2n) is 6.23. The molecule has 5 nitrogen and oxygen atoms in total. The molecule has 1 aromatic carbocycles. The SMILES string of the molecule is Cl.O=C(NCc1ccc(Cn2ccccc2=O)cc1)C1CCNCC1. The normalized spacial score (nSPS) is 14.6. The number of piperidine rings is 1. The summed E-state index contributed by atoms with van der Waals surface area (Å²) in [6.45, 7) is 2.95. The Labute approximate surface area is 153 Å². The number of carbonyl (C=O) groups is 1. The number of nitrogens with one attached hydrogen (secondary N) is 2. The molecule has 6 heteroatoms. The summed E-state index contributed by atoms with van der Waals surface area (Å²) >= 11 is 0. The molecule has 1 aromatic heterocycles. The molecule has 2 heterocycles. The lowest BCUT2D eigenvalue weighted by atomic mass is 9.97. The van der Waals surface area contributed by atoms with E-state index in [4.69, 9.17) is 0 Å². The minimum Gasteiger partial charge on any atom is -0.352 e. The molecular formula is C19H24ClN3O2. The highest BCUT2D eigenvalue weighted by molar-refractivity contribution is 5.85. The van der Waals surface area contributed by atoms with Crippen LogP contribution in [0, 0.1) is 5.92 Å². The van der Waals surface area contributed by atoms with Crippen molar-refractivity contribution in [2.75, 3.05) is 13.1 Å². The van der Waals surface area contributed by atoms with Gasteiger partial charge in [-0.25, -0.2) is 0 Å². The third-order valence-electron chi connectivity index (χ3n) is 4.45. The predicted molar refractivity (Wildman–Crippen MR) is 101 cm³/mol. The Hall–Kier alpha value is -2.11. The van der Waals surface area contributed by atoms with Crippen LogP contribution in [0.3, 0.4) is 0 Å². The zero-order valence-corrected chi connectivity index (χ0v) is 14.9. The van der Waals surface area contributed by atoms with Gasteiger partial charge in [0.2, 0.25) is 5.91 Å². The molecule has 2 aromatic rings. The lowest BCUT2D eigenvalue weighted by molar-refractivity contribution is -0.125. The molecule has 134 valence electrons. The van der Waals surface area contributed by atoms with Crippen LogP contribution in [-0.2, 0) is 17.9 Å². The largest absolute Gasteiger partial charge is 0.352 e. The molecule has 1 amide bonds. The summed E-state index contributed by atoms with van der Waals surface area (Å²) in [6.07, 6.45) is 3.61. The summed E-state index contributed by atoms with van der Waals surface area (Å²) in [5, 5.41) is 6.29. The highest BCUT2D eigenvalue weighted by atomic mass is 35.5. The van der Waals surface area contributed by atoms with E-state index in [0.29, 0.717) is 13.1 Å². The summed E-state index contributed by atoms with van der Waals surface area (Å²) in [6, 6.07) is 13.2. The summed E-state index contributed by atoms with van der Waals surface area (Å²) in [7, 11) is 0. The van der Waals surface area contributed by atoms with Crippen LogP contribution < -0.4 is 16.2 Å². The smallest absolute Gasteiger partial charge is 0.250 e. The standard InChI is InChI=1S/C19H23N3O2.ClH/c23-18-3-1-2-12-22(18)14-16-6-4-15(5-7-16)13-21-19(24)17-8-10-20-11-9-17;/h1-7,12,17,20H,8-11,13-14H2,(H,21,24);1H. The number of halogens is 1. The summed E-state index contributed by atoms with van der Waals surface area (Å²) < 4.78 is 1.67. The quantitative estimate of drug-likeness (QED) is 0.855. The number of hydrogen-bond donors (Lipinski definition) is 2. The van der Waals surface area contributed by atoms with Crippen molar-refractivity contribution in [3.05, 3.63) is 70.1 Å². The van der Waals surface area contributed by atoms with Gasteiger partial charge in [-0.2, -0.15) is 0 Å². The summed E-state index contributed by atoms with van der Waals surface area (Å²) in [5.74, 6) is 0.284. The van der Waals surface area contributed by atoms with Crippen molar-refractivity contribution in [3.8, 4) is 0 Å². The van der Waals surface area contributed by atoms with Gasteiger partial charge in [0.25, 0.3) is 5.56 Å². The van der Waals surface area contributed by atoms with E-state index in [-0.39, 0.29) is 29.8 Å². The van der Waals surface area contributed by atoms with E-state index in [1.807, 2.05) is 30.3 Å². The van der Waals surface area contributed by atoms with Crippen molar-refractivity contribution in [2.45, 2.75) is 25.9 Å². The zero-order chi connectivity index (χ0) is 16.8. The first-order valence-electron chi connectivity index (χ1n) is 8.44. The van der Waals surface area contributed by atoms with Crippen LogP contribution in [0.1, 0.15) is 24.0 Å². The fraction of sp³-hybridized carbons (Fsp3) is 0.368. The zero-order valence-electron chi connectivity index (χ0n) is 14.1. The van der Waals surface area contributed by atoms with Crippen molar-refractivity contribution in [2.24, 2.45) is 5.92 Å². The molecule has 1 aliphatic rings. The maximum absolute atomic E-state index is 12.1. The molecule has 0 spiro atoms. The molecule has 0 aliphatic carbocycles. The summed E-state index contributed by atoms with van der Waals surface area (Å²) in [4.78, 5) is 23.9. The third kappa shape index (κ3) is 5.44. The van der Waals surface area contributed by atoms with Crippen molar-refractivity contribution >= 4 is 18.3 Å². The molecule has 0 bridgehead atoms. The number of amides is 1. The van der Waals surface area contributed by atoms with Crippen molar-refractivity contribution < 1.29 is 4.79 Å². The number of nitrogens with zero attached hydrogens (tertiary/aromatic N) is 1. The van der Waals surface area contributed by atoms with Gasteiger partial charge in [-0.15, -0.1) is 12.4 Å². The number of carbonyl (C=O) groups excluding carboxylic acids is 1. The molecular weight excluding hydrogens is 338 g/mol. The second-order valence-corrected chi connectivity index (χ2v) is 6.23. The van der Waals surface area contributed by atoms with E-state index in [1.54, 1.807) is 22.9 Å². The number of benzene rings is 1. The average Bonchev–Trinajstić information content (AvgIpc) is 2.63. The minimum atomic E-state index is -0.00388. The van der Waals surface area contributed by atoms with E-state index in [0.717, 1.165) is 37.1 Å². The first-order valence-corrected chi connectivity index (χ1v) is 8.44. The van der Waals surface area contributed by atoms with Gasteiger partial charge < -0.3 is 15.2 Å². The molecule has 3 rings (SSSR count). The van der Waals surface area contributed by atoms with Gasteiger partial charge in [-0.05, 0) is 43.1 Å². The Bertz CT molecular complexity index is 737. The second kappa shape index (κ2) is 9.39. The molecule has 1 saturated heterocycles. The van der Waals surface area contributed by atoms with Crippen LogP contribution in [0.25, 0.3) is 0 Å².